The lowest BCUT2D eigenvalue weighted by atomic mass is 9.90. The number of carbonyl (C=O) groups is 1. The Hall–Kier alpha value is -4.29. The van der Waals surface area contributed by atoms with Gasteiger partial charge < -0.3 is 10.5 Å². The third-order valence-corrected chi connectivity index (χ3v) is 6.76. The first-order valence-electron chi connectivity index (χ1n) is 13.4. The van der Waals surface area contributed by atoms with Gasteiger partial charge in [-0.25, -0.2) is 0 Å². The Labute approximate surface area is 230 Å². The number of carbonyl (C=O) groups excluding carboxylic acids is 1. The third-order valence-electron chi connectivity index (χ3n) is 6.76. The molecule has 0 fully saturated rings. The van der Waals surface area contributed by atoms with Gasteiger partial charge in [-0.05, 0) is 64.5 Å². The van der Waals surface area contributed by atoms with Crippen molar-refractivity contribution < 1.29 is 9.53 Å². The monoisotopic (exact) mass is 521 g/mol. The van der Waals surface area contributed by atoms with E-state index in [4.69, 9.17) is 10.5 Å². The zero-order valence-electron chi connectivity index (χ0n) is 22.1. The highest BCUT2D eigenvalue weighted by Gasteiger charge is 2.18. The fraction of sp³-hybridized carbons (Fsp3) is 0.242. The molecular formula is C33H35N3O3. The Morgan fingerprint density at radius 2 is 1.38 bits per heavy atom. The molecule has 0 aliphatic heterocycles. The Morgan fingerprint density at radius 1 is 0.795 bits per heavy atom. The third kappa shape index (κ3) is 8.90. The number of nitrogens with two attached hydrogens (primary N) is 1. The predicted molar refractivity (Wildman–Crippen MR) is 156 cm³/mol. The molecule has 1 amide bonds. The summed E-state index contributed by atoms with van der Waals surface area (Å²) in [4.78, 5) is 24.3. The van der Waals surface area contributed by atoms with Crippen molar-refractivity contribution in [2.24, 2.45) is 10.9 Å². The molecule has 39 heavy (non-hydrogen) atoms. The molecule has 0 saturated heterocycles. The lowest BCUT2D eigenvalue weighted by Gasteiger charge is -2.28. The SMILES string of the molecule is NC(=O)CCc1ccc(OCCCN(Cc2ccc(N=O)cc2)CC(c2ccccc2)c2ccccc2)cc1. The molecule has 0 aromatic heterocycles. The summed E-state index contributed by atoms with van der Waals surface area (Å²) in [5, 5.41) is 3.03. The van der Waals surface area contributed by atoms with E-state index in [9.17, 15) is 9.70 Å². The van der Waals surface area contributed by atoms with Crippen molar-refractivity contribution in [1.82, 2.24) is 4.90 Å². The van der Waals surface area contributed by atoms with E-state index in [1.54, 1.807) is 12.1 Å². The summed E-state index contributed by atoms with van der Waals surface area (Å²) in [6.07, 6.45) is 1.84. The summed E-state index contributed by atoms with van der Waals surface area (Å²) < 4.78 is 6.03. The molecule has 0 bridgehead atoms. The number of nitrogens with zero attached hydrogens (tertiary/aromatic N) is 2. The fourth-order valence-corrected chi connectivity index (χ4v) is 4.69. The average Bonchev–Trinajstić information content (AvgIpc) is 2.98. The van der Waals surface area contributed by atoms with Crippen molar-refractivity contribution in [2.45, 2.75) is 31.7 Å². The normalized spacial score (nSPS) is 11.0. The van der Waals surface area contributed by atoms with Crippen LogP contribution in [0.2, 0.25) is 0 Å². The summed E-state index contributed by atoms with van der Waals surface area (Å²) in [7, 11) is 0. The summed E-state index contributed by atoms with van der Waals surface area (Å²) in [6, 6.07) is 36.5. The van der Waals surface area contributed by atoms with Crippen molar-refractivity contribution >= 4 is 11.6 Å². The molecule has 0 saturated carbocycles. The van der Waals surface area contributed by atoms with Crippen LogP contribution in [0, 0.1) is 4.91 Å². The van der Waals surface area contributed by atoms with Crippen LogP contribution in [0.4, 0.5) is 5.69 Å². The molecule has 0 heterocycles. The van der Waals surface area contributed by atoms with Crippen LogP contribution in [0.15, 0.2) is 114 Å². The molecule has 0 spiro atoms. The van der Waals surface area contributed by atoms with Crippen molar-refractivity contribution in [1.29, 1.82) is 0 Å². The highest BCUT2D eigenvalue weighted by molar-refractivity contribution is 5.74. The number of primary amides is 1. The summed E-state index contributed by atoms with van der Waals surface area (Å²) >= 11 is 0. The van der Waals surface area contributed by atoms with E-state index in [2.05, 4.69) is 58.6 Å². The number of hydrogen-bond donors (Lipinski definition) is 1. The molecule has 6 nitrogen and oxygen atoms in total. The Morgan fingerprint density at radius 3 is 1.95 bits per heavy atom. The van der Waals surface area contributed by atoms with Crippen molar-refractivity contribution in [3.63, 3.8) is 0 Å². The Balaban J connectivity index is 1.43. The highest BCUT2D eigenvalue weighted by Crippen LogP contribution is 2.27. The summed E-state index contributed by atoms with van der Waals surface area (Å²) in [5.41, 5.74) is 10.4. The van der Waals surface area contributed by atoms with Crippen LogP contribution in [0.5, 0.6) is 5.75 Å². The van der Waals surface area contributed by atoms with E-state index in [1.165, 1.54) is 11.1 Å². The average molecular weight is 522 g/mol. The first-order valence-corrected chi connectivity index (χ1v) is 13.4. The molecule has 200 valence electrons. The first-order chi connectivity index (χ1) is 19.1. The molecule has 4 aromatic carbocycles. The van der Waals surface area contributed by atoms with Gasteiger partial charge in [-0.1, -0.05) is 84.9 Å². The molecule has 0 aliphatic rings. The zero-order chi connectivity index (χ0) is 27.3. The van der Waals surface area contributed by atoms with Crippen molar-refractivity contribution in [3.8, 4) is 5.75 Å². The number of nitroso groups, excluding NO2 is 1. The van der Waals surface area contributed by atoms with Crippen molar-refractivity contribution in [3.05, 3.63) is 136 Å². The topological polar surface area (TPSA) is 85.0 Å². The number of rotatable bonds is 15. The number of hydrogen-bond acceptors (Lipinski definition) is 5. The highest BCUT2D eigenvalue weighted by atomic mass is 16.5. The van der Waals surface area contributed by atoms with E-state index in [1.807, 2.05) is 48.5 Å². The molecule has 0 radical (unpaired) electrons. The maximum absolute atomic E-state index is 11.0. The van der Waals surface area contributed by atoms with Gasteiger partial charge in [0, 0.05) is 32.0 Å². The van der Waals surface area contributed by atoms with Crippen LogP contribution < -0.4 is 10.5 Å². The second kappa shape index (κ2) is 14.6. The fourth-order valence-electron chi connectivity index (χ4n) is 4.69. The van der Waals surface area contributed by atoms with Gasteiger partial charge in [-0.15, -0.1) is 4.91 Å². The molecule has 6 heteroatoms. The minimum Gasteiger partial charge on any atom is -0.494 e. The zero-order valence-corrected chi connectivity index (χ0v) is 22.1. The number of ether oxygens (including phenoxy) is 1. The van der Waals surface area contributed by atoms with E-state index < -0.39 is 0 Å². The van der Waals surface area contributed by atoms with Gasteiger partial charge in [0.15, 0.2) is 0 Å². The number of benzene rings is 4. The van der Waals surface area contributed by atoms with E-state index in [0.29, 0.717) is 25.1 Å². The van der Waals surface area contributed by atoms with Gasteiger partial charge in [0.1, 0.15) is 11.4 Å². The summed E-state index contributed by atoms with van der Waals surface area (Å²) in [5.74, 6) is 0.739. The maximum Gasteiger partial charge on any atom is 0.217 e. The van der Waals surface area contributed by atoms with Crippen LogP contribution >= 0.6 is 0 Å². The largest absolute Gasteiger partial charge is 0.494 e. The van der Waals surface area contributed by atoms with Crippen LogP contribution in [-0.2, 0) is 17.8 Å². The molecular weight excluding hydrogens is 486 g/mol. The second-order valence-corrected chi connectivity index (χ2v) is 9.68. The van der Waals surface area contributed by atoms with Crippen LogP contribution in [0.25, 0.3) is 0 Å². The number of aryl methyl sites for hydroxylation is 1. The standard InChI is InChI=1S/C33H35N3O3/c34-33(37)21-16-26-14-19-31(20-15-26)39-23-7-22-36(24-27-12-17-30(35-38)18-13-27)25-32(28-8-3-1-4-9-28)29-10-5-2-6-11-29/h1-6,8-15,17-20,32H,7,16,21-25H2,(H2,34,37). The molecule has 4 rings (SSSR count). The molecule has 0 atom stereocenters. The van der Waals surface area contributed by atoms with E-state index >= 15 is 0 Å². The van der Waals surface area contributed by atoms with E-state index in [0.717, 1.165) is 42.9 Å². The van der Waals surface area contributed by atoms with Gasteiger partial charge in [0.2, 0.25) is 5.91 Å². The molecule has 2 N–H and O–H groups in total. The molecule has 0 aliphatic carbocycles. The Bertz CT molecular complexity index is 1250. The summed E-state index contributed by atoms with van der Waals surface area (Å²) in [6.45, 7) is 3.03. The van der Waals surface area contributed by atoms with Gasteiger partial charge in [0.25, 0.3) is 0 Å². The Kier molecular flexibility index (Phi) is 10.4. The maximum atomic E-state index is 11.0. The van der Waals surface area contributed by atoms with Gasteiger partial charge in [0.05, 0.1) is 6.61 Å². The minimum atomic E-state index is -0.294. The predicted octanol–water partition coefficient (Wildman–Crippen LogP) is 6.61. The second-order valence-electron chi connectivity index (χ2n) is 9.68. The smallest absolute Gasteiger partial charge is 0.217 e. The van der Waals surface area contributed by atoms with E-state index in [-0.39, 0.29) is 11.8 Å². The van der Waals surface area contributed by atoms with Crippen LogP contribution in [-0.4, -0.2) is 30.5 Å². The molecule has 4 aromatic rings. The first kappa shape index (κ1) is 27.7. The lowest BCUT2D eigenvalue weighted by molar-refractivity contribution is -0.117. The molecule has 0 unspecified atom stereocenters. The number of amides is 1. The quantitative estimate of drug-likeness (QED) is 0.141. The lowest BCUT2D eigenvalue weighted by Crippen LogP contribution is -2.30. The van der Waals surface area contributed by atoms with Crippen molar-refractivity contribution in [2.75, 3.05) is 19.7 Å². The van der Waals surface area contributed by atoms with Gasteiger partial charge in [-0.3, -0.25) is 9.69 Å². The van der Waals surface area contributed by atoms with Gasteiger partial charge >= 0.3 is 0 Å². The van der Waals surface area contributed by atoms with Crippen LogP contribution in [0.1, 0.15) is 41.0 Å². The minimum absolute atomic E-state index is 0.220. The van der Waals surface area contributed by atoms with Gasteiger partial charge in [-0.2, -0.15) is 0 Å². The van der Waals surface area contributed by atoms with Crippen LogP contribution in [0.3, 0.4) is 0 Å².